The van der Waals surface area contributed by atoms with Gasteiger partial charge in [-0.2, -0.15) is 0 Å². The second-order valence-corrected chi connectivity index (χ2v) is 17.7. The van der Waals surface area contributed by atoms with Gasteiger partial charge in [0, 0.05) is 0 Å². The average molecular weight is 407 g/mol. The molecule has 0 bridgehead atoms. The zero-order valence-corrected chi connectivity index (χ0v) is 15.4. The molecule has 1 fully saturated rings. The van der Waals surface area contributed by atoms with E-state index < -0.39 is 61.3 Å². The summed E-state index contributed by atoms with van der Waals surface area (Å²) in [5.41, 5.74) is 6.39. The van der Waals surface area contributed by atoms with Gasteiger partial charge < -0.3 is 0 Å². The van der Waals surface area contributed by atoms with Crippen LogP contribution in [-0.4, -0.2) is 85.8 Å². The Bertz CT molecular complexity index is 449. The molecular weight excluding hydrogens is 383 g/mol. The molecule has 1 rings (SSSR count). The number of ether oxygens (including phenoxy) is 2. The van der Waals surface area contributed by atoms with Crippen LogP contribution in [0.4, 0.5) is 0 Å². The molecule has 4 N–H and O–H groups in total. The van der Waals surface area contributed by atoms with Crippen LogP contribution in [0.1, 0.15) is 0 Å². The number of rotatable bonds is 8. The minimum absolute atomic E-state index is 0.383. The predicted molar refractivity (Wildman–Crippen MR) is 78.3 cm³/mol. The Morgan fingerprint density at radius 2 is 1.77 bits per heavy atom. The number of hydrogen-bond donors (Lipinski definition) is 4. The Morgan fingerprint density at radius 1 is 1.18 bits per heavy atom. The van der Waals surface area contributed by atoms with Gasteiger partial charge in [0.2, 0.25) is 0 Å². The fraction of sp³-hybridized carbons (Fsp3) is 1.00. The van der Waals surface area contributed by atoms with Crippen LogP contribution >= 0.6 is 0 Å². The van der Waals surface area contributed by atoms with Gasteiger partial charge in [0.25, 0.3) is 0 Å². The van der Waals surface area contributed by atoms with Crippen molar-refractivity contribution < 1.29 is 41.9 Å². The average Bonchev–Trinajstić information content (AvgIpc) is 2.59. The molecule has 0 amide bonds. The molecular formula is C11H24AsO9S. The molecule has 0 aromatic heterocycles. The van der Waals surface area contributed by atoms with Crippen LogP contribution in [0, 0.1) is 0 Å². The topological polar surface area (TPSA) is 143 Å². The van der Waals surface area contributed by atoms with Gasteiger partial charge in [-0.15, -0.1) is 0 Å². The molecule has 5 unspecified atom stereocenters. The van der Waals surface area contributed by atoms with Crippen LogP contribution in [0.15, 0.2) is 0 Å². The molecule has 1 radical (unpaired) electrons. The molecule has 11 heteroatoms. The van der Waals surface area contributed by atoms with Crippen molar-refractivity contribution in [3.63, 3.8) is 0 Å². The quantitative estimate of drug-likeness (QED) is 0.293. The first-order valence-electron chi connectivity index (χ1n) is 6.62. The fourth-order valence-electron chi connectivity index (χ4n) is 1.96. The molecule has 9 nitrogen and oxygen atoms in total. The van der Waals surface area contributed by atoms with Crippen molar-refractivity contribution in [3.05, 3.63) is 0 Å². The van der Waals surface area contributed by atoms with Crippen LogP contribution < -0.4 is 0 Å². The minimum atomic E-state index is -4.64. The van der Waals surface area contributed by atoms with E-state index in [0.717, 1.165) is 0 Å². The Balaban J connectivity index is 2.43. The third kappa shape index (κ3) is 7.20. The van der Waals surface area contributed by atoms with Crippen molar-refractivity contribution in [3.8, 4) is 0 Å². The monoisotopic (exact) mass is 407 g/mol. The van der Waals surface area contributed by atoms with Crippen molar-refractivity contribution in [2.24, 2.45) is 0 Å². The second kappa shape index (κ2) is 7.87. The normalized spacial score (nSPS) is 31.4. The summed E-state index contributed by atoms with van der Waals surface area (Å²) >= 11 is -1.85. The molecule has 1 aliphatic rings. The SMILES string of the molecule is C[As](C)(C)CC1OC(OCC(O)COS(=O)(=O)O)C(O)C1O. The summed E-state index contributed by atoms with van der Waals surface area (Å²) in [5.74, 6) is 0. The van der Waals surface area contributed by atoms with Crippen LogP contribution in [0.5, 0.6) is 0 Å². The molecule has 0 aromatic rings. The van der Waals surface area contributed by atoms with E-state index in [-0.39, 0.29) is 6.61 Å². The van der Waals surface area contributed by atoms with Gasteiger partial charge in [0.05, 0.1) is 0 Å². The van der Waals surface area contributed by atoms with E-state index in [2.05, 4.69) is 21.3 Å². The Kier molecular flexibility index (Phi) is 7.25. The summed E-state index contributed by atoms with van der Waals surface area (Å²) in [6.45, 7) is -1.07. The molecule has 0 aliphatic carbocycles. The fourth-order valence-corrected chi connectivity index (χ4v) is 5.19. The predicted octanol–water partition coefficient (Wildman–Crippen LogP) is -1.03. The zero-order valence-electron chi connectivity index (χ0n) is 12.7. The van der Waals surface area contributed by atoms with Crippen molar-refractivity contribution in [1.29, 1.82) is 0 Å². The van der Waals surface area contributed by atoms with E-state index in [0.29, 0.717) is 5.21 Å². The van der Waals surface area contributed by atoms with Gasteiger partial charge in [0.15, 0.2) is 0 Å². The van der Waals surface area contributed by atoms with Gasteiger partial charge in [-0.25, -0.2) is 0 Å². The van der Waals surface area contributed by atoms with Gasteiger partial charge >= 0.3 is 132 Å². The maximum absolute atomic E-state index is 10.4. The van der Waals surface area contributed by atoms with E-state index in [4.69, 9.17) is 14.0 Å². The molecule has 1 aliphatic heterocycles. The summed E-state index contributed by atoms with van der Waals surface area (Å²) in [4.78, 5) is 0. The zero-order chi connectivity index (χ0) is 17.1. The summed E-state index contributed by atoms with van der Waals surface area (Å²) in [7, 11) is -4.64. The first-order chi connectivity index (χ1) is 9.89. The van der Waals surface area contributed by atoms with E-state index in [1.807, 2.05) is 0 Å². The van der Waals surface area contributed by atoms with Gasteiger partial charge in [0.1, 0.15) is 0 Å². The summed E-state index contributed by atoms with van der Waals surface area (Å²) in [6.07, 6.45) is -5.30. The molecule has 0 spiro atoms. The molecule has 5 atom stereocenters. The molecule has 0 saturated carbocycles. The molecule has 22 heavy (non-hydrogen) atoms. The summed E-state index contributed by atoms with van der Waals surface area (Å²) in [6, 6.07) is 0. The maximum atomic E-state index is 10.4. The molecule has 0 aromatic carbocycles. The van der Waals surface area contributed by atoms with Gasteiger partial charge in [-0.05, 0) is 0 Å². The van der Waals surface area contributed by atoms with Crippen molar-refractivity contribution in [2.45, 2.75) is 53.0 Å². The van der Waals surface area contributed by atoms with E-state index in [1.165, 1.54) is 0 Å². The Labute approximate surface area is 132 Å². The third-order valence-electron chi connectivity index (χ3n) is 2.91. The standard InChI is InChI=1S/C11H24AsO9S/c1-12(2,3)4-8-9(14)10(15)11(21-8)19-5-7(13)6-20-22(16,17)18/h7-11,13-15H,4-6H2,1-3H3,(H,16,17,18). The number of aliphatic hydroxyl groups is 3. The van der Waals surface area contributed by atoms with Gasteiger partial charge in [-0.3, -0.25) is 0 Å². The van der Waals surface area contributed by atoms with Crippen molar-refractivity contribution in [2.75, 3.05) is 13.2 Å². The molecule has 133 valence electrons. The number of hydrogen-bond acceptors (Lipinski definition) is 8. The Hall–Kier alpha value is 0.228. The summed E-state index contributed by atoms with van der Waals surface area (Å²) in [5, 5.41) is 29.9. The van der Waals surface area contributed by atoms with Crippen LogP contribution in [-0.2, 0) is 24.1 Å². The number of aliphatic hydroxyl groups excluding tert-OH is 3. The van der Waals surface area contributed by atoms with Crippen LogP contribution in [0.3, 0.4) is 0 Å². The molecule has 1 heterocycles. The summed E-state index contributed by atoms with van der Waals surface area (Å²) < 4.78 is 43.7. The van der Waals surface area contributed by atoms with E-state index >= 15 is 0 Å². The van der Waals surface area contributed by atoms with Crippen LogP contribution in [0.2, 0.25) is 22.3 Å². The van der Waals surface area contributed by atoms with E-state index in [9.17, 15) is 23.7 Å². The first kappa shape index (κ1) is 20.3. The van der Waals surface area contributed by atoms with Crippen molar-refractivity contribution in [1.82, 2.24) is 0 Å². The van der Waals surface area contributed by atoms with E-state index in [1.54, 1.807) is 0 Å². The Morgan fingerprint density at radius 3 is 2.27 bits per heavy atom. The molecule has 1 saturated heterocycles. The second-order valence-electron chi connectivity index (χ2n) is 6.20. The van der Waals surface area contributed by atoms with Crippen molar-refractivity contribution >= 4 is 24.0 Å². The first-order valence-corrected chi connectivity index (χ1v) is 14.9. The van der Waals surface area contributed by atoms with Crippen LogP contribution in [0.25, 0.3) is 0 Å². The third-order valence-corrected chi connectivity index (χ3v) is 6.40. The van der Waals surface area contributed by atoms with Gasteiger partial charge in [-0.1, -0.05) is 0 Å².